The van der Waals surface area contributed by atoms with Crippen LogP contribution >= 0.6 is 0 Å². The Morgan fingerprint density at radius 3 is 2.44 bits per heavy atom. The third-order valence-electron chi connectivity index (χ3n) is 4.48. The lowest BCUT2D eigenvalue weighted by atomic mass is 10.1. The maximum atomic E-state index is 11.5. The predicted molar refractivity (Wildman–Crippen MR) is 101 cm³/mol. The molecule has 0 aromatic heterocycles. The van der Waals surface area contributed by atoms with E-state index < -0.39 is 0 Å². The molecule has 2 N–H and O–H groups in total. The van der Waals surface area contributed by atoms with Crippen molar-refractivity contribution in [3.05, 3.63) is 34.9 Å². The number of aliphatic imine (C=N–C) groups is 1. The Morgan fingerprint density at radius 1 is 1.24 bits per heavy atom. The number of nitrogens with zero attached hydrogens (tertiary/aromatic N) is 2. The molecule has 1 aliphatic heterocycles. The number of methoxy groups -OCH3 is 1. The van der Waals surface area contributed by atoms with E-state index in [0.29, 0.717) is 19.1 Å². The Hall–Kier alpha value is -2.24. The quantitative estimate of drug-likeness (QED) is 0.648. The second kappa shape index (κ2) is 9.30. The molecule has 0 aliphatic carbocycles. The monoisotopic (exact) mass is 346 g/mol. The van der Waals surface area contributed by atoms with Crippen molar-refractivity contribution >= 4 is 12.1 Å². The average Bonchev–Trinajstić information content (AvgIpc) is 2.60. The van der Waals surface area contributed by atoms with Gasteiger partial charge in [0.2, 0.25) is 0 Å². The number of benzene rings is 1. The SMILES string of the molecule is CN=C(NCCc1cc(C)cc(C)c1)NC1CCN(C(=O)OC)CC1. The summed E-state index contributed by atoms with van der Waals surface area (Å²) in [5, 5.41) is 6.84. The van der Waals surface area contributed by atoms with E-state index in [1.54, 1.807) is 11.9 Å². The van der Waals surface area contributed by atoms with Gasteiger partial charge in [0.05, 0.1) is 7.11 Å². The van der Waals surface area contributed by atoms with Gasteiger partial charge < -0.3 is 20.3 Å². The van der Waals surface area contributed by atoms with Gasteiger partial charge in [-0.1, -0.05) is 29.3 Å². The summed E-state index contributed by atoms with van der Waals surface area (Å²) >= 11 is 0. The van der Waals surface area contributed by atoms with Crippen molar-refractivity contribution in [3.63, 3.8) is 0 Å². The third-order valence-corrected chi connectivity index (χ3v) is 4.48. The molecule has 6 heteroatoms. The first kappa shape index (κ1) is 19.1. The smallest absolute Gasteiger partial charge is 0.409 e. The van der Waals surface area contributed by atoms with E-state index in [0.717, 1.165) is 31.8 Å². The molecule has 6 nitrogen and oxygen atoms in total. The van der Waals surface area contributed by atoms with Crippen LogP contribution in [-0.4, -0.2) is 56.8 Å². The van der Waals surface area contributed by atoms with Gasteiger partial charge in [0.15, 0.2) is 5.96 Å². The van der Waals surface area contributed by atoms with Crippen LogP contribution in [0.5, 0.6) is 0 Å². The van der Waals surface area contributed by atoms with E-state index in [9.17, 15) is 4.79 Å². The van der Waals surface area contributed by atoms with Gasteiger partial charge in [0.1, 0.15) is 0 Å². The Morgan fingerprint density at radius 2 is 1.88 bits per heavy atom. The summed E-state index contributed by atoms with van der Waals surface area (Å²) in [6.07, 6.45) is 2.51. The van der Waals surface area contributed by atoms with Crippen LogP contribution in [0.4, 0.5) is 4.79 Å². The van der Waals surface area contributed by atoms with Crippen LogP contribution in [0.3, 0.4) is 0 Å². The predicted octanol–water partition coefficient (Wildman–Crippen LogP) is 2.24. The number of guanidine groups is 1. The molecule has 0 unspecified atom stereocenters. The molecule has 1 aliphatic rings. The van der Waals surface area contributed by atoms with Gasteiger partial charge in [0.25, 0.3) is 0 Å². The molecule has 1 aromatic carbocycles. The molecule has 0 atom stereocenters. The molecule has 0 bridgehead atoms. The zero-order chi connectivity index (χ0) is 18.2. The maximum Gasteiger partial charge on any atom is 0.409 e. The topological polar surface area (TPSA) is 66.0 Å². The summed E-state index contributed by atoms with van der Waals surface area (Å²) in [5.41, 5.74) is 3.94. The fraction of sp³-hybridized carbons (Fsp3) is 0.579. The van der Waals surface area contributed by atoms with Crippen molar-refractivity contribution in [2.45, 2.75) is 39.2 Å². The molecule has 1 heterocycles. The average molecular weight is 346 g/mol. The van der Waals surface area contributed by atoms with E-state index in [2.05, 4.69) is 47.7 Å². The van der Waals surface area contributed by atoms with Gasteiger partial charge in [-0.05, 0) is 38.7 Å². The molecule has 0 saturated carbocycles. The van der Waals surface area contributed by atoms with Crippen LogP contribution in [0, 0.1) is 13.8 Å². The van der Waals surface area contributed by atoms with Crippen LogP contribution < -0.4 is 10.6 Å². The highest BCUT2D eigenvalue weighted by molar-refractivity contribution is 5.80. The zero-order valence-corrected chi connectivity index (χ0v) is 15.8. The standard InChI is InChI=1S/C19H30N4O2/c1-14-11-15(2)13-16(12-14)5-8-21-18(20-3)22-17-6-9-23(10-7-17)19(24)25-4/h11-13,17H,5-10H2,1-4H3,(H2,20,21,22). The van der Waals surface area contributed by atoms with E-state index in [1.165, 1.54) is 23.8 Å². The molecule has 1 fully saturated rings. The van der Waals surface area contributed by atoms with Crippen LogP contribution in [0.1, 0.15) is 29.5 Å². The first-order chi connectivity index (χ1) is 12.0. The second-order valence-corrected chi connectivity index (χ2v) is 6.62. The van der Waals surface area contributed by atoms with Gasteiger partial charge in [0, 0.05) is 32.7 Å². The third kappa shape index (κ3) is 5.96. The first-order valence-corrected chi connectivity index (χ1v) is 8.89. The summed E-state index contributed by atoms with van der Waals surface area (Å²) in [7, 11) is 3.21. The normalized spacial score (nSPS) is 15.8. The highest BCUT2D eigenvalue weighted by atomic mass is 16.5. The summed E-state index contributed by atoms with van der Waals surface area (Å²) in [5.74, 6) is 0.820. The lowest BCUT2D eigenvalue weighted by Crippen LogP contribution is -2.50. The van der Waals surface area contributed by atoms with Crippen molar-refractivity contribution in [2.24, 2.45) is 4.99 Å². The number of nitrogens with one attached hydrogen (secondary N) is 2. The number of carbonyl (C=O) groups excluding carboxylic acids is 1. The largest absolute Gasteiger partial charge is 0.453 e. The van der Waals surface area contributed by atoms with Crippen molar-refractivity contribution in [1.82, 2.24) is 15.5 Å². The van der Waals surface area contributed by atoms with E-state index >= 15 is 0 Å². The number of carbonyl (C=O) groups is 1. The van der Waals surface area contributed by atoms with Crippen LogP contribution in [-0.2, 0) is 11.2 Å². The van der Waals surface area contributed by atoms with Crippen molar-refractivity contribution < 1.29 is 9.53 Å². The number of ether oxygens (including phenoxy) is 1. The minimum absolute atomic E-state index is 0.241. The number of hydrogen-bond acceptors (Lipinski definition) is 3. The number of aryl methyl sites for hydroxylation is 2. The lowest BCUT2D eigenvalue weighted by molar-refractivity contribution is 0.111. The molecule has 25 heavy (non-hydrogen) atoms. The molecule has 1 amide bonds. The van der Waals surface area contributed by atoms with Gasteiger partial charge in [-0.3, -0.25) is 4.99 Å². The second-order valence-electron chi connectivity index (χ2n) is 6.62. The number of rotatable bonds is 4. The maximum absolute atomic E-state index is 11.5. The van der Waals surface area contributed by atoms with E-state index in [1.807, 2.05) is 0 Å². The summed E-state index contributed by atoms with van der Waals surface area (Å²) < 4.78 is 4.77. The summed E-state index contributed by atoms with van der Waals surface area (Å²) in [6.45, 7) is 6.52. The molecule has 2 rings (SSSR count). The number of likely N-dealkylation sites (tertiary alicyclic amines) is 1. The summed E-state index contributed by atoms with van der Waals surface area (Å²) in [6, 6.07) is 6.98. The van der Waals surface area contributed by atoms with Crippen LogP contribution in [0.2, 0.25) is 0 Å². The summed E-state index contributed by atoms with van der Waals surface area (Å²) in [4.78, 5) is 17.6. The Kier molecular flexibility index (Phi) is 7.10. The molecular weight excluding hydrogens is 316 g/mol. The Labute approximate surface area is 150 Å². The number of piperidine rings is 1. The van der Waals surface area contributed by atoms with Crippen molar-refractivity contribution in [3.8, 4) is 0 Å². The molecule has 138 valence electrons. The van der Waals surface area contributed by atoms with Crippen LogP contribution in [0.15, 0.2) is 23.2 Å². The van der Waals surface area contributed by atoms with Gasteiger partial charge >= 0.3 is 6.09 Å². The fourth-order valence-corrected chi connectivity index (χ4v) is 3.26. The molecule has 1 aromatic rings. The highest BCUT2D eigenvalue weighted by Gasteiger charge is 2.23. The first-order valence-electron chi connectivity index (χ1n) is 8.89. The van der Waals surface area contributed by atoms with E-state index in [-0.39, 0.29) is 6.09 Å². The van der Waals surface area contributed by atoms with Gasteiger partial charge in [-0.2, -0.15) is 0 Å². The Balaban J connectivity index is 1.75. The molecule has 1 saturated heterocycles. The Bertz CT molecular complexity index is 587. The number of amides is 1. The van der Waals surface area contributed by atoms with Gasteiger partial charge in [-0.25, -0.2) is 4.79 Å². The fourth-order valence-electron chi connectivity index (χ4n) is 3.26. The highest BCUT2D eigenvalue weighted by Crippen LogP contribution is 2.11. The van der Waals surface area contributed by atoms with Crippen molar-refractivity contribution in [1.29, 1.82) is 0 Å². The molecule has 0 spiro atoms. The number of hydrogen-bond donors (Lipinski definition) is 2. The lowest BCUT2D eigenvalue weighted by Gasteiger charge is -2.32. The van der Waals surface area contributed by atoms with Gasteiger partial charge in [-0.15, -0.1) is 0 Å². The minimum atomic E-state index is -0.241. The van der Waals surface area contributed by atoms with E-state index in [4.69, 9.17) is 4.74 Å². The van der Waals surface area contributed by atoms with Crippen molar-refractivity contribution in [2.75, 3.05) is 33.8 Å². The minimum Gasteiger partial charge on any atom is -0.453 e. The zero-order valence-electron chi connectivity index (χ0n) is 15.8. The van der Waals surface area contributed by atoms with Crippen LogP contribution in [0.25, 0.3) is 0 Å². The molecule has 0 radical (unpaired) electrons. The molecular formula is C19H30N4O2.